The van der Waals surface area contributed by atoms with Crippen molar-refractivity contribution in [3.05, 3.63) is 35.6 Å². The van der Waals surface area contributed by atoms with Crippen molar-refractivity contribution in [3.8, 4) is 0 Å². The van der Waals surface area contributed by atoms with Gasteiger partial charge in [0.25, 0.3) is 0 Å². The van der Waals surface area contributed by atoms with E-state index in [0.29, 0.717) is 12.3 Å². The zero-order valence-electron chi connectivity index (χ0n) is 18.7. The zero-order valence-corrected chi connectivity index (χ0v) is 19.5. The van der Waals surface area contributed by atoms with E-state index in [1.807, 2.05) is 4.90 Å². The van der Waals surface area contributed by atoms with Crippen molar-refractivity contribution in [1.29, 1.82) is 0 Å². The number of unbranched alkanes of at least 4 members (excludes halogenated alkanes) is 1. The fraction of sp³-hybridized carbons (Fsp3) is 0.708. The van der Waals surface area contributed by atoms with Gasteiger partial charge in [0.2, 0.25) is 5.91 Å². The van der Waals surface area contributed by atoms with Gasteiger partial charge in [0.05, 0.1) is 6.42 Å². The summed E-state index contributed by atoms with van der Waals surface area (Å²) in [6, 6.07) is 6.25. The Morgan fingerprint density at radius 3 is 2.06 bits per heavy atom. The third kappa shape index (κ3) is 9.85. The molecule has 0 radical (unpaired) electrons. The Labute approximate surface area is 193 Å². The van der Waals surface area contributed by atoms with Gasteiger partial charge in [-0.2, -0.15) is 0 Å². The van der Waals surface area contributed by atoms with Crippen molar-refractivity contribution in [3.63, 3.8) is 0 Å². The smallest absolute Gasteiger partial charge is 0.226 e. The van der Waals surface area contributed by atoms with E-state index in [1.54, 1.807) is 12.1 Å². The molecule has 176 valence electrons. The fourth-order valence-corrected chi connectivity index (χ4v) is 4.47. The SMILES string of the molecule is Cl.O=C(Cc1ccc(F)cc1)N1CCC(CNCCCCNCC2CCNCC2)CC1. The molecule has 2 fully saturated rings. The van der Waals surface area contributed by atoms with Crippen LogP contribution in [0.15, 0.2) is 24.3 Å². The molecule has 0 unspecified atom stereocenters. The molecule has 0 bridgehead atoms. The summed E-state index contributed by atoms with van der Waals surface area (Å²) in [5.41, 5.74) is 0.885. The van der Waals surface area contributed by atoms with Gasteiger partial charge in [-0.15, -0.1) is 12.4 Å². The number of benzene rings is 1. The molecule has 7 heteroatoms. The van der Waals surface area contributed by atoms with E-state index in [4.69, 9.17) is 0 Å². The van der Waals surface area contributed by atoms with Crippen molar-refractivity contribution in [2.24, 2.45) is 11.8 Å². The van der Waals surface area contributed by atoms with Gasteiger partial charge >= 0.3 is 0 Å². The molecule has 31 heavy (non-hydrogen) atoms. The number of hydrogen-bond acceptors (Lipinski definition) is 4. The maximum absolute atomic E-state index is 13.0. The molecule has 2 aliphatic rings. The molecule has 1 aromatic carbocycles. The number of hydrogen-bond donors (Lipinski definition) is 3. The van der Waals surface area contributed by atoms with Crippen LogP contribution in [0.25, 0.3) is 0 Å². The first-order valence-corrected chi connectivity index (χ1v) is 11.8. The molecule has 1 amide bonds. The summed E-state index contributed by atoms with van der Waals surface area (Å²) in [6.07, 6.45) is 7.58. The zero-order chi connectivity index (χ0) is 21.0. The molecular formula is C24H40ClFN4O. The predicted octanol–water partition coefficient (Wildman–Crippen LogP) is 2.99. The van der Waals surface area contributed by atoms with E-state index in [-0.39, 0.29) is 24.1 Å². The van der Waals surface area contributed by atoms with Gasteiger partial charge in [-0.1, -0.05) is 12.1 Å². The van der Waals surface area contributed by atoms with Crippen LogP contribution in [0, 0.1) is 17.7 Å². The minimum atomic E-state index is -0.256. The van der Waals surface area contributed by atoms with Gasteiger partial charge in [0.1, 0.15) is 5.82 Å². The quantitative estimate of drug-likeness (QED) is 0.450. The molecule has 3 rings (SSSR count). The van der Waals surface area contributed by atoms with Crippen LogP contribution in [-0.2, 0) is 11.2 Å². The van der Waals surface area contributed by atoms with E-state index in [2.05, 4.69) is 16.0 Å². The minimum absolute atomic E-state index is 0. The molecule has 0 saturated carbocycles. The molecule has 0 aromatic heterocycles. The Hall–Kier alpha value is -1.21. The second-order valence-electron chi connectivity index (χ2n) is 8.94. The Morgan fingerprint density at radius 1 is 0.935 bits per heavy atom. The topological polar surface area (TPSA) is 56.4 Å². The highest BCUT2D eigenvalue weighted by Crippen LogP contribution is 2.17. The first-order chi connectivity index (χ1) is 14.7. The fourth-order valence-electron chi connectivity index (χ4n) is 4.47. The first-order valence-electron chi connectivity index (χ1n) is 11.8. The Kier molecular flexibility index (Phi) is 12.4. The average molecular weight is 455 g/mol. The summed E-state index contributed by atoms with van der Waals surface area (Å²) in [4.78, 5) is 14.4. The maximum atomic E-state index is 13.0. The number of likely N-dealkylation sites (tertiary alicyclic amines) is 1. The number of nitrogens with one attached hydrogen (secondary N) is 3. The number of carbonyl (C=O) groups is 1. The molecule has 2 aliphatic heterocycles. The van der Waals surface area contributed by atoms with E-state index >= 15 is 0 Å². The monoisotopic (exact) mass is 454 g/mol. The Morgan fingerprint density at radius 2 is 1.48 bits per heavy atom. The number of piperidine rings is 2. The summed E-state index contributed by atoms with van der Waals surface area (Å²) in [5.74, 6) is 1.42. The van der Waals surface area contributed by atoms with Crippen LogP contribution in [0.1, 0.15) is 44.1 Å². The minimum Gasteiger partial charge on any atom is -0.342 e. The van der Waals surface area contributed by atoms with Crippen LogP contribution in [0.5, 0.6) is 0 Å². The van der Waals surface area contributed by atoms with E-state index < -0.39 is 0 Å². The molecular weight excluding hydrogens is 415 g/mol. The highest BCUT2D eigenvalue weighted by atomic mass is 35.5. The van der Waals surface area contributed by atoms with Crippen molar-refractivity contribution in [2.45, 2.75) is 44.9 Å². The predicted molar refractivity (Wildman–Crippen MR) is 127 cm³/mol. The number of rotatable bonds is 11. The summed E-state index contributed by atoms with van der Waals surface area (Å²) >= 11 is 0. The molecule has 1 aromatic rings. The summed E-state index contributed by atoms with van der Waals surface area (Å²) < 4.78 is 13.0. The maximum Gasteiger partial charge on any atom is 0.226 e. The van der Waals surface area contributed by atoms with E-state index in [9.17, 15) is 9.18 Å². The second kappa shape index (κ2) is 14.8. The largest absolute Gasteiger partial charge is 0.342 e. The van der Waals surface area contributed by atoms with Crippen LogP contribution in [0.4, 0.5) is 4.39 Å². The van der Waals surface area contributed by atoms with Crippen LogP contribution in [0.3, 0.4) is 0 Å². The van der Waals surface area contributed by atoms with E-state index in [0.717, 1.165) is 57.0 Å². The lowest BCUT2D eigenvalue weighted by molar-refractivity contribution is -0.131. The van der Waals surface area contributed by atoms with Crippen molar-refractivity contribution < 1.29 is 9.18 Å². The number of halogens is 2. The van der Waals surface area contributed by atoms with Crippen LogP contribution < -0.4 is 16.0 Å². The summed E-state index contributed by atoms with van der Waals surface area (Å²) in [6.45, 7) is 8.48. The van der Waals surface area contributed by atoms with Gasteiger partial charge < -0.3 is 20.9 Å². The first kappa shape index (κ1) is 26.0. The van der Waals surface area contributed by atoms with Gasteiger partial charge in [-0.05, 0) is 107 Å². The summed E-state index contributed by atoms with van der Waals surface area (Å²) in [7, 11) is 0. The molecule has 0 aliphatic carbocycles. The molecule has 0 atom stereocenters. The van der Waals surface area contributed by atoms with Gasteiger partial charge in [0.15, 0.2) is 0 Å². The van der Waals surface area contributed by atoms with Crippen LogP contribution >= 0.6 is 12.4 Å². The van der Waals surface area contributed by atoms with Crippen molar-refractivity contribution in [2.75, 3.05) is 52.4 Å². The lowest BCUT2D eigenvalue weighted by Crippen LogP contribution is -2.41. The standard InChI is InChI=1S/C24H39FN4O.ClH/c25-23-5-3-20(4-6-23)17-24(30)29-15-9-22(10-16-29)19-28-12-2-1-11-27-18-21-7-13-26-14-8-21;/h3-6,21-22,26-28H,1-2,7-19H2;1H. The highest BCUT2D eigenvalue weighted by Gasteiger charge is 2.22. The van der Waals surface area contributed by atoms with Crippen molar-refractivity contribution in [1.82, 2.24) is 20.9 Å². The molecule has 0 spiro atoms. The Balaban J connectivity index is 0.00000341. The number of amides is 1. The van der Waals surface area contributed by atoms with Crippen LogP contribution in [0.2, 0.25) is 0 Å². The van der Waals surface area contributed by atoms with Gasteiger partial charge in [-0.25, -0.2) is 4.39 Å². The average Bonchev–Trinajstić information content (AvgIpc) is 2.78. The lowest BCUT2D eigenvalue weighted by Gasteiger charge is -2.32. The van der Waals surface area contributed by atoms with Crippen LogP contribution in [-0.4, -0.2) is 63.2 Å². The number of carbonyl (C=O) groups excluding carboxylic acids is 1. The lowest BCUT2D eigenvalue weighted by atomic mass is 9.96. The second-order valence-corrected chi connectivity index (χ2v) is 8.94. The third-order valence-corrected chi connectivity index (χ3v) is 6.52. The molecule has 3 N–H and O–H groups in total. The highest BCUT2D eigenvalue weighted by molar-refractivity contribution is 5.85. The van der Waals surface area contributed by atoms with E-state index in [1.165, 1.54) is 57.5 Å². The van der Waals surface area contributed by atoms with Gasteiger partial charge in [0, 0.05) is 13.1 Å². The number of nitrogens with zero attached hydrogens (tertiary/aromatic N) is 1. The molecule has 2 heterocycles. The Bertz CT molecular complexity index is 617. The summed E-state index contributed by atoms with van der Waals surface area (Å²) in [5, 5.41) is 10.6. The third-order valence-electron chi connectivity index (χ3n) is 6.52. The molecule has 2 saturated heterocycles. The van der Waals surface area contributed by atoms with Gasteiger partial charge in [-0.3, -0.25) is 4.79 Å². The normalized spacial score (nSPS) is 18.0. The van der Waals surface area contributed by atoms with Crippen molar-refractivity contribution >= 4 is 18.3 Å². The molecule has 5 nitrogen and oxygen atoms in total.